The molecule has 0 spiro atoms. The van der Waals surface area contributed by atoms with E-state index in [1.54, 1.807) is 12.1 Å². The van der Waals surface area contributed by atoms with Crippen LogP contribution in [0.25, 0.3) is 0 Å². The number of rotatable bonds is 2. The molecule has 21 heavy (non-hydrogen) atoms. The number of halogens is 1. The zero-order valence-electron chi connectivity index (χ0n) is 11.6. The van der Waals surface area contributed by atoms with Gasteiger partial charge in [-0.1, -0.05) is 24.3 Å². The lowest BCUT2D eigenvalue weighted by atomic mass is 9.88. The number of hydrogen-bond donors (Lipinski definition) is 2. The third-order valence-corrected chi connectivity index (χ3v) is 4.00. The van der Waals surface area contributed by atoms with E-state index < -0.39 is 0 Å². The summed E-state index contributed by atoms with van der Waals surface area (Å²) in [6.07, 6.45) is 3.36. The molecular formula is C17H17FN2S. The average molecular weight is 300 g/mol. The quantitative estimate of drug-likeness (QED) is 0.813. The van der Waals surface area contributed by atoms with Gasteiger partial charge in [0, 0.05) is 5.69 Å². The van der Waals surface area contributed by atoms with Crippen LogP contribution in [0.2, 0.25) is 0 Å². The van der Waals surface area contributed by atoms with Gasteiger partial charge in [-0.25, -0.2) is 4.39 Å². The molecule has 1 unspecified atom stereocenters. The fourth-order valence-corrected chi connectivity index (χ4v) is 3.02. The summed E-state index contributed by atoms with van der Waals surface area (Å²) in [6, 6.07) is 14.9. The largest absolute Gasteiger partial charge is 0.356 e. The minimum absolute atomic E-state index is 0.246. The zero-order valence-corrected chi connectivity index (χ0v) is 12.4. The molecule has 2 aromatic carbocycles. The van der Waals surface area contributed by atoms with Crippen LogP contribution in [0.5, 0.6) is 0 Å². The van der Waals surface area contributed by atoms with E-state index in [4.69, 9.17) is 12.2 Å². The molecule has 2 nitrogen and oxygen atoms in total. The maximum absolute atomic E-state index is 12.9. The van der Waals surface area contributed by atoms with E-state index in [0.717, 1.165) is 24.9 Å². The number of fused-ring (bicyclic) bond motifs is 1. The van der Waals surface area contributed by atoms with Crippen LogP contribution in [-0.4, -0.2) is 5.11 Å². The smallest absolute Gasteiger partial charge is 0.171 e. The minimum Gasteiger partial charge on any atom is -0.356 e. The summed E-state index contributed by atoms with van der Waals surface area (Å²) in [4.78, 5) is 0. The van der Waals surface area contributed by atoms with E-state index in [-0.39, 0.29) is 11.9 Å². The summed E-state index contributed by atoms with van der Waals surface area (Å²) >= 11 is 5.36. The molecule has 1 aliphatic rings. The van der Waals surface area contributed by atoms with E-state index in [0.29, 0.717) is 5.11 Å². The van der Waals surface area contributed by atoms with Crippen molar-refractivity contribution in [1.82, 2.24) is 5.32 Å². The summed E-state index contributed by atoms with van der Waals surface area (Å²) in [5, 5.41) is 7.04. The molecule has 1 atom stereocenters. The first-order valence-corrected chi connectivity index (χ1v) is 7.54. The molecule has 0 fully saturated rings. The van der Waals surface area contributed by atoms with Crippen LogP contribution in [0.4, 0.5) is 10.1 Å². The molecule has 3 rings (SSSR count). The van der Waals surface area contributed by atoms with Gasteiger partial charge < -0.3 is 10.6 Å². The van der Waals surface area contributed by atoms with Crippen molar-refractivity contribution in [2.75, 3.05) is 5.32 Å². The van der Waals surface area contributed by atoms with E-state index in [9.17, 15) is 4.39 Å². The van der Waals surface area contributed by atoms with Crippen molar-refractivity contribution in [2.45, 2.75) is 25.3 Å². The van der Waals surface area contributed by atoms with Gasteiger partial charge in [-0.2, -0.15) is 0 Å². The average Bonchev–Trinajstić information content (AvgIpc) is 2.50. The van der Waals surface area contributed by atoms with Crippen molar-refractivity contribution in [2.24, 2.45) is 0 Å². The molecule has 108 valence electrons. The lowest BCUT2D eigenvalue weighted by Crippen LogP contribution is -2.34. The molecule has 0 bridgehead atoms. The van der Waals surface area contributed by atoms with Gasteiger partial charge in [0.1, 0.15) is 5.82 Å². The lowest BCUT2D eigenvalue weighted by molar-refractivity contribution is 0.529. The Morgan fingerprint density at radius 1 is 1.10 bits per heavy atom. The van der Waals surface area contributed by atoms with Gasteiger partial charge in [0.25, 0.3) is 0 Å². The fraction of sp³-hybridized carbons (Fsp3) is 0.235. The number of aryl methyl sites for hydroxylation is 1. The Morgan fingerprint density at radius 2 is 1.86 bits per heavy atom. The highest BCUT2D eigenvalue weighted by atomic mass is 32.1. The van der Waals surface area contributed by atoms with Crippen LogP contribution in [0, 0.1) is 5.82 Å². The molecule has 0 saturated heterocycles. The Hall–Kier alpha value is -1.94. The number of thiocarbonyl (C=S) groups is 1. The molecule has 0 heterocycles. The molecule has 1 aliphatic carbocycles. The molecule has 0 radical (unpaired) electrons. The van der Waals surface area contributed by atoms with Crippen molar-refractivity contribution in [3.05, 3.63) is 65.5 Å². The molecule has 0 saturated carbocycles. The summed E-state index contributed by atoms with van der Waals surface area (Å²) in [7, 11) is 0. The topological polar surface area (TPSA) is 24.1 Å². The van der Waals surface area contributed by atoms with Crippen molar-refractivity contribution in [1.29, 1.82) is 0 Å². The van der Waals surface area contributed by atoms with Gasteiger partial charge in [-0.3, -0.25) is 0 Å². The molecule has 2 N–H and O–H groups in total. The Bertz CT molecular complexity index is 639. The lowest BCUT2D eigenvalue weighted by Gasteiger charge is -2.27. The van der Waals surface area contributed by atoms with Crippen LogP contribution >= 0.6 is 12.2 Å². The number of hydrogen-bond acceptors (Lipinski definition) is 1. The summed E-state index contributed by atoms with van der Waals surface area (Å²) in [5.74, 6) is -0.249. The third-order valence-electron chi connectivity index (χ3n) is 3.78. The normalized spacial score (nSPS) is 16.9. The van der Waals surface area contributed by atoms with Gasteiger partial charge in [0.2, 0.25) is 0 Å². The molecule has 0 amide bonds. The number of benzene rings is 2. The van der Waals surface area contributed by atoms with Crippen LogP contribution in [-0.2, 0) is 6.42 Å². The minimum atomic E-state index is -0.249. The summed E-state index contributed by atoms with van der Waals surface area (Å²) in [6.45, 7) is 0. The van der Waals surface area contributed by atoms with Crippen molar-refractivity contribution < 1.29 is 4.39 Å². The number of nitrogens with one attached hydrogen (secondary N) is 2. The highest BCUT2D eigenvalue weighted by Crippen LogP contribution is 2.29. The second kappa shape index (κ2) is 6.22. The third kappa shape index (κ3) is 3.39. The first-order chi connectivity index (χ1) is 10.2. The Morgan fingerprint density at radius 3 is 2.67 bits per heavy atom. The van der Waals surface area contributed by atoms with Gasteiger partial charge in [0.15, 0.2) is 5.11 Å². The van der Waals surface area contributed by atoms with Crippen LogP contribution in [0.1, 0.15) is 30.0 Å². The van der Waals surface area contributed by atoms with Crippen molar-refractivity contribution in [3.63, 3.8) is 0 Å². The SMILES string of the molecule is Fc1ccc(NC(=S)NC2CCCc3ccccc32)cc1. The predicted octanol–water partition coefficient (Wildman–Crippen LogP) is 4.19. The van der Waals surface area contributed by atoms with Crippen molar-refractivity contribution in [3.8, 4) is 0 Å². The van der Waals surface area contributed by atoms with Crippen LogP contribution in [0.15, 0.2) is 48.5 Å². The monoisotopic (exact) mass is 300 g/mol. The van der Waals surface area contributed by atoms with Gasteiger partial charge >= 0.3 is 0 Å². The van der Waals surface area contributed by atoms with E-state index in [1.807, 2.05) is 0 Å². The van der Waals surface area contributed by atoms with Gasteiger partial charge in [-0.15, -0.1) is 0 Å². The van der Waals surface area contributed by atoms with E-state index >= 15 is 0 Å². The predicted molar refractivity (Wildman–Crippen MR) is 87.9 cm³/mol. The summed E-state index contributed by atoms with van der Waals surface area (Å²) < 4.78 is 12.9. The maximum Gasteiger partial charge on any atom is 0.171 e. The number of anilines is 1. The maximum atomic E-state index is 12.9. The van der Waals surface area contributed by atoms with Crippen LogP contribution < -0.4 is 10.6 Å². The standard InChI is InChI=1S/C17H17FN2S/c18-13-8-10-14(11-9-13)19-17(21)20-16-7-3-5-12-4-1-2-6-15(12)16/h1-2,4,6,8-11,16H,3,5,7H2,(H2,19,20,21). The molecule has 4 heteroatoms. The van der Waals surface area contributed by atoms with Crippen LogP contribution in [0.3, 0.4) is 0 Å². The van der Waals surface area contributed by atoms with Gasteiger partial charge in [-0.05, 0) is 66.9 Å². The Balaban J connectivity index is 1.67. The molecule has 0 aliphatic heterocycles. The second-order valence-electron chi connectivity index (χ2n) is 5.25. The van der Waals surface area contributed by atoms with Crippen molar-refractivity contribution >= 4 is 23.0 Å². The molecular weight excluding hydrogens is 283 g/mol. The second-order valence-corrected chi connectivity index (χ2v) is 5.66. The van der Waals surface area contributed by atoms with Gasteiger partial charge in [0.05, 0.1) is 6.04 Å². The zero-order chi connectivity index (χ0) is 14.7. The first kappa shape index (κ1) is 14.0. The van der Waals surface area contributed by atoms with E-state index in [1.165, 1.54) is 23.3 Å². The highest BCUT2D eigenvalue weighted by molar-refractivity contribution is 7.80. The van der Waals surface area contributed by atoms with E-state index in [2.05, 4.69) is 34.9 Å². The Labute approximate surface area is 129 Å². The first-order valence-electron chi connectivity index (χ1n) is 7.13. The molecule has 0 aromatic heterocycles. The fourth-order valence-electron chi connectivity index (χ4n) is 2.76. The molecule has 2 aromatic rings. The Kier molecular flexibility index (Phi) is 4.15. The highest BCUT2D eigenvalue weighted by Gasteiger charge is 2.20. The summed E-state index contributed by atoms with van der Waals surface area (Å²) in [5.41, 5.74) is 3.51.